The minimum absolute atomic E-state index is 0.0440. The van der Waals surface area contributed by atoms with Crippen LogP contribution in [-0.2, 0) is 0 Å². The molecule has 4 aromatic rings. The Bertz CT molecular complexity index is 2140. The van der Waals surface area contributed by atoms with Gasteiger partial charge >= 0.3 is 0 Å². The average Bonchev–Trinajstić information content (AvgIpc) is 3.31. The molecule has 0 aromatic heterocycles. The molecule has 1 heterocycles. The van der Waals surface area contributed by atoms with Gasteiger partial charge in [-0.3, -0.25) is 0 Å². The summed E-state index contributed by atoms with van der Waals surface area (Å²) in [6, 6.07) is 40.1. The van der Waals surface area contributed by atoms with Crippen molar-refractivity contribution in [3.8, 4) is 0 Å². The van der Waals surface area contributed by atoms with E-state index in [0.29, 0.717) is 5.96 Å². The van der Waals surface area contributed by atoms with Crippen LogP contribution in [0.15, 0.2) is 199 Å². The average molecular weight is 648 g/mol. The van der Waals surface area contributed by atoms with Crippen LogP contribution in [0.1, 0.15) is 52.5 Å². The lowest BCUT2D eigenvalue weighted by Gasteiger charge is -2.41. The van der Waals surface area contributed by atoms with Crippen molar-refractivity contribution in [2.75, 3.05) is 0 Å². The number of nitrogens with two attached hydrogens (primary N) is 1. The predicted molar refractivity (Wildman–Crippen MR) is 210 cm³/mol. The van der Waals surface area contributed by atoms with Gasteiger partial charge in [0.25, 0.3) is 0 Å². The summed E-state index contributed by atoms with van der Waals surface area (Å²) in [6.07, 6.45) is 25.3. The molecule has 4 atom stereocenters. The number of allylic oxidation sites excluding steroid dienone is 10. The van der Waals surface area contributed by atoms with E-state index in [2.05, 4.69) is 151 Å². The third-order valence-electron chi connectivity index (χ3n) is 10.2. The van der Waals surface area contributed by atoms with Crippen molar-refractivity contribution in [3.63, 3.8) is 0 Å². The standard InChI is InChI=1S/C47H41N3/c1-33(34-16-6-2-7-17-34)30-44(37-22-12-5-13-23-37)49-47(48)50-45-28-26-38(35-18-8-3-9-19-35)31-42(45)40-24-14-15-25-41(40)43-32-39(27-29-46(43)50)36-20-10-4-11-21-36/h2-3,5-10,12-32,42-43,45-46H,1,4,11H2,(H2,48,49)/b44-30-. The van der Waals surface area contributed by atoms with Gasteiger partial charge in [-0.15, -0.1) is 0 Å². The van der Waals surface area contributed by atoms with Gasteiger partial charge in [0.15, 0.2) is 5.96 Å². The maximum absolute atomic E-state index is 7.32. The summed E-state index contributed by atoms with van der Waals surface area (Å²) in [5, 5.41) is 0. The molecule has 50 heavy (non-hydrogen) atoms. The molecular formula is C47H41N3. The van der Waals surface area contributed by atoms with Gasteiger partial charge in [0.1, 0.15) is 0 Å². The summed E-state index contributed by atoms with van der Waals surface area (Å²) >= 11 is 0. The Morgan fingerprint density at radius 2 is 1.20 bits per heavy atom. The van der Waals surface area contributed by atoms with Gasteiger partial charge in [0, 0.05) is 17.4 Å². The first-order chi connectivity index (χ1) is 24.6. The summed E-state index contributed by atoms with van der Waals surface area (Å²) in [6.45, 7) is 4.42. The van der Waals surface area contributed by atoms with Crippen LogP contribution in [0.2, 0.25) is 0 Å². The monoisotopic (exact) mass is 647 g/mol. The zero-order chi connectivity index (χ0) is 33.9. The molecule has 8 rings (SSSR count). The molecule has 3 aliphatic carbocycles. The number of nitrogens with zero attached hydrogens (tertiary/aromatic N) is 2. The first-order valence-corrected chi connectivity index (χ1v) is 17.6. The number of guanidine groups is 1. The molecule has 0 amide bonds. The van der Waals surface area contributed by atoms with Gasteiger partial charge in [-0.05, 0) is 63.5 Å². The molecule has 1 aliphatic heterocycles. The highest BCUT2D eigenvalue weighted by Crippen LogP contribution is 2.46. The smallest absolute Gasteiger partial charge is 0.197 e. The number of fused-ring (bicyclic) bond motifs is 5. The second kappa shape index (κ2) is 13.9. The quantitative estimate of drug-likeness (QED) is 0.129. The number of benzene rings is 4. The fourth-order valence-corrected chi connectivity index (χ4v) is 7.75. The zero-order valence-electron chi connectivity index (χ0n) is 28.1. The molecule has 0 saturated carbocycles. The van der Waals surface area contributed by atoms with Crippen LogP contribution in [0.5, 0.6) is 0 Å². The Hall–Kier alpha value is -5.93. The lowest BCUT2D eigenvalue weighted by Crippen LogP contribution is -2.52. The Kier molecular flexibility index (Phi) is 8.71. The third-order valence-corrected chi connectivity index (χ3v) is 10.2. The van der Waals surface area contributed by atoms with E-state index in [1.807, 2.05) is 36.4 Å². The zero-order valence-corrected chi connectivity index (χ0v) is 28.1. The van der Waals surface area contributed by atoms with E-state index >= 15 is 0 Å². The van der Waals surface area contributed by atoms with Crippen molar-refractivity contribution in [2.45, 2.75) is 36.8 Å². The first kappa shape index (κ1) is 31.3. The molecule has 3 nitrogen and oxygen atoms in total. The summed E-state index contributed by atoms with van der Waals surface area (Å²) < 4.78 is 0. The van der Waals surface area contributed by atoms with Crippen LogP contribution < -0.4 is 5.73 Å². The Balaban J connectivity index is 1.29. The molecule has 0 fully saturated rings. The third kappa shape index (κ3) is 6.19. The SMILES string of the molecule is C=C(/C=C(\N=C(/N)N1C2C=CC(C3=CCCC=C3)=CC2c2ccccc2C2C=C(c3ccccc3)C=CC21)c1ccccc1)c1ccccc1. The Morgan fingerprint density at radius 1 is 0.640 bits per heavy atom. The van der Waals surface area contributed by atoms with Crippen molar-refractivity contribution < 1.29 is 0 Å². The van der Waals surface area contributed by atoms with Gasteiger partial charge < -0.3 is 10.6 Å². The van der Waals surface area contributed by atoms with Crippen molar-refractivity contribution in [1.29, 1.82) is 0 Å². The van der Waals surface area contributed by atoms with E-state index in [9.17, 15) is 0 Å². The molecule has 0 radical (unpaired) electrons. The normalized spacial score (nSPS) is 22.7. The molecule has 3 heteroatoms. The maximum atomic E-state index is 7.32. The summed E-state index contributed by atoms with van der Waals surface area (Å²) in [5.41, 5.74) is 18.7. The van der Waals surface area contributed by atoms with E-state index < -0.39 is 0 Å². The molecule has 244 valence electrons. The largest absolute Gasteiger partial charge is 0.369 e. The molecule has 2 N–H and O–H groups in total. The Morgan fingerprint density at radius 3 is 1.82 bits per heavy atom. The highest BCUT2D eigenvalue weighted by atomic mass is 15.3. The summed E-state index contributed by atoms with van der Waals surface area (Å²) in [5.74, 6) is 0.624. The van der Waals surface area contributed by atoms with Crippen LogP contribution in [0.4, 0.5) is 0 Å². The lowest BCUT2D eigenvalue weighted by molar-refractivity contribution is 0.282. The van der Waals surface area contributed by atoms with Gasteiger partial charge in [-0.25, -0.2) is 4.99 Å². The maximum Gasteiger partial charge on any atom is 0.197 e. The van der Waals surface area contributed by atoms with Gasteiger partial charge in [-0.2, -0.15) is 0 Å². The van der Waals surface area contributed by atoms with E-state index in [4.69, 9.17) is 10.7 Å². The van der Waals surface area contributed by atoms with Crippen molar-refractivity contribution in [1.82, 2.24) is 4.90 Å². The second-order valence-corrected chi connectivity index (χ2v) is 13.3. The Labute approximate surface area is 295 Å². The first-order valence-electron chi connectivity index (χ1n) is 17.6. The molecule has 0 bridgehead atoms. The predicted octanol–water partition coefficient (Wildman–Crippen LogP) is 10.4. The van der Waals surface area contributed by atoms with Crippen molar-refractivity contribution >= 4 is 22.8 Å². The highest BCUT2D eigenvalue weighted by Gasteiger charge is 2.42. The van der Waals surface area contributed by atoms with Crippen LogP contribution >= 0.6 is 0 Å². The summed E-state index contributed by atoms with van der Waals surface area (Å²) in [7, 11) is 0. The second-order valence-electron chi connectivity index (χ2n) is 13.3. The van der Waals surface area contributed by atoms with Crippen LogP contribution in [-0.4, -0.2) is 22.9 Å². The number of aliphatic imine (C=N–C) groups is 1. The summed E-state index contributed by atoms with van der Waals surface area (Å²) in [4.78, 5) is 7.66. The molecule has 0 spiro atoms. The molecule has 4 aromatic carbocycles. The molecule has 4 unspecified atom stereocenters. The number of hydrogen-bond donors (Lipinski definition) is 1. The van der Waals surface area contributed by atoms with E-state index in [1.165, 1.54) is 33.4 Å². The van der Waals surface area contributed by atoms with Gasteiger partial charge in [0.2, 0.25) is 0 Å². The fourth-order valence-electron chi connectivity index (χ4n) is 7.75. The van der Waals surface area contributed by atoms with Gasteiger partial charge in [-0.1, -0.05) is 177 Å². The number of hydrogen-bond acceptors (Lipinski definition) is 1. The van der Waals surface area contributed by atoms with Crippen LogP contribution in [0, 0.1) is 0 Å². The minimum Gasteiger partial charge on any atom is -0.369 e. The van der Waals surface area contributed by atoms with Crippen LogP contribution in [0.25, 0.3) is 16.8 Å². The minimum atomic E-state index is -0.0508. The van der Waals surface area contributed by atoms with Crippen molar-refractivity contribution in [3.05, 3.63) is 222 Å². The van der Waals surface area contributed by atoms with Crippen LogP contribution in [0.3, 0.4) is 0 Å². The van der Waals surface area contributed by atoms with E-state index in [1.54, 1.807) is 0 Å². The highest BCUT2D eigenvalue weighted by molar-refractivity contribution is 5.91. The van der Waals surface area contributed by atoms with Crippen molar-refractivity contribution in [2.24, 2.45) is 10.7 Å². The molecular weight excluding hydrogens is 607 g/mol. The van der Waals surface area contributed by atoms with E-state index in [-0.39, 0.29) is 23.9 Å². The molecule has 4 aliphatic rings. The number of rotatable bonds is 6. The fraction of sp³-hybridized carbons (Fsp3) is 0.128. The lowest BCUT2D eigenvalue weighted by atomic mass is 9.79. The van der Waals surface area contributed by atoms with Gasteiger partial charge in [0.05, 0.1) is 17.8 Å². The molecule has 0 saturated heterocycles. The van der Waals surface area contributed by atoms with E-state index in [0.717, 1.165) is 35.2 Å². The topological polar surface area (TPSA) is 41.6 Å².